The van der Waals surface area contributed by atoms with Gasteiger partial charge in [-0.05, 0) is 17.8 Å². The van der Waals surface area contributed by atoms with Crippen LogP contribution in [-0.4, -0.2) is 29.1 Å². The van der Waals surface area contributed by atoms with E-state index in [0.29, 0.717) is 5.92 Å². The summed E-state index contributed by atoms with van der Waals surface area (Å²) in [6, 6.07) is -0.967. The molecule has 0 saturated carbocycles. The fourth-order valence-electron chi connectivity index (χ4n) is 1.91. The number of carbonyl (C=O) groups excluding carboxylic acids is 1. The van der Waals surface area contributed by atoms with Crippen LogP contribution in [0.25, 0.3) is 0 Å². The van der Waals surface area contributed by atoms with Gasteiger partial charge in [0.2, 0.25) is 5.91 Å². The van der Waals surface area contributed by atoms with Gasteiger partial charge in [0.25, 0.3) is 0 Å². The number of carboxylic acid groups (broad SMARTS) is 1. The van der Waals surface area contributed by atoms with Crippen molar-refractivity contribution >= 4 is 11.9 Å². The predicted octanol–water partition coefficient (Wildman–Crippen LogP) is 1.61. The Kier molecular flexibility index (Phi) is 7.68. The normalized spacial score (nSPS) is 17.6. The van der Waals surface area contributed by atoms with E-state index in [9.17, 15) is 9.59 Å². The molecule has 1 amide bonds. The molecule has 0 rings (SSSR count). The third-order valence-corrected chi connectivity index (χ3v) is 3.92. The van der Waals surface area contributed by atoms with Gasteiger partial charge >= 0.3 is 5.97 Å². The van der Waals surface area contributed by atoms with Crippen LogP contribution in [0.5, 0.6) is 0 Å². The number of carboxylic acids is 1. The first-order valence-electron chi connectivity index (χ1n) is 6.98. The summed E-state index contributed by atoms with van der Waals surface area (Å²) in [5.41, 5.74) is 5.79. The van der Waals surface area contributed by atoms with Crippen LogP contribution in [0.4, 0.5) is 0 Å². The van der Waals surface area contributed by atoms with E-state index in [-0.39, 0.29) is 30.2 Å². The molecule has 0 aliphatic carbocycles. The van der Waals surface area contributed by atoms with Gasteiger partial charge in [0.15, 0.2) is 0 Å². The highest BCUT2D eigenvalue weighted by Crippen LogP contribution is 2.20. The van der Waals surface area contributed by atoms with Crippen molar-refractivity contribution in [2.75, 3.05) is 0 Å². The molecular weight excluding hydrogens is 244 g/mol. The number of nitrogens with two attached hydrogens (primary N) is 1. The summed E-state index contributed by atoms with van der Waals surface area (Å²) in [7, 11) is 0. The highest BCUT2D eigenvalue weighted by molar-refractivity contribution is 5.82. The summed E-state index contributed by atoms with van der Waals surface area (Å²) in [4.78, 5) is 22.9. The number of nitrogens with one attached hydrogen (secondary N) is 1. The summed E-state index contributed by atoms with van der Waals surface area (Å²) in [6.45, 7) is 9.83. The monoisotopic (exact) mass is 272 g/mol. The Morgan fingerprint density at radius 3 is 2.11 bits per heavy atom. The fourth-order valence-corrected chi connectivity index (χ4v) is 1.91. The van der Waals surface area contributed by atoms with Crippen LogP contribution in [0, 0.1) is 17.8 Å². The molecule has 0 aliphatic heterocycles. The molecule has 0 saturated heterocycles. The van der Waals surface area contributed by atoms with Crippen molar-refractivity contribution in [1.82, 2.24) is 5.32 Å². The van der Waals surface area contributed by atoms with Crippen molar-refractivity contribution in [2.45, 2.75) is 59.5 Å². The molecule has 0 aliphatic rings. The van der Waals surface area contributed by atoms with E-state index in [1.165, 1.54) is 0 Å². The van der Waals surface area contributed by atoms with Crippen molar-refractivity contribution in [3.05, 3.63) is 0 Å². The van der Waals surface area contributed by atoms with E-state index in [4.69, 9.17) is 10.8 Å². The Labute approximate surface area is 115 Å². The lowest BCUT2D eigenvalue weighted by atomic mass is 9.85. The minimum atomic E-state index is -0.904. The Hall–Kier alpha value is -1.10. The van der Waals surface area contributed by atoms with E-state index in [0.717, 1.165) is 6.42 Å². The van der Waals surface area contributed by atoms with Gasteiger partial charge in [0, 0.05) is 6.04 Å². The van der Waals surface area contributed by atoms with Gasteiger partial charge in [0.1, 0.15) is 0 Å². The molecular formula is C14H28N2O3. The van der Waals surface area contributed by atoms with Gasteiger partial charge in [0.05, 0.1) is 12.5 Å². The standard InChI is InChI=1S/C14H28N2O3/c1-6-9(4)10(5)11(7-12(17)18)16-14(19)13(15)8(2)3/h8-11,13H,6-7,15H2,1-5H3,(H,16,19)(H,17,18). The fraction of sp³-hybridized carbons (Fsp3) is 0.857. The number of hydrogen-bond acceptors (Lipinski definition) is 3. The van der Waals surface area contributed by atoms with E-state index in [1.54, 1.807) is 0 Å². The lowest BCUT2D eigenvalue weighted by Crippen LogP contribution is -2.51. The van der Waals surface area contributed by atoms with Gasteiger partial charge in [-0.15, -0.1) is 0 Å². The predicted molar refractivity (Wildman–Crippen MR) is 75.6 cm³/mol. The third kappa shape index (κ3) is 6.05. The topological polar surface area (TPSA) is 92.4 Å². The molecule has 0 aromatic heterocycles. The summed E-state index contributed by atoms with van der Waals surface area (Å²) < 4.78 is 0. The third-order valence-electron chi connectivity index (χ3n) is 3.92. The second-order valence-corrected chi connectivity index (χ2v) is 5.73. The molecule has 0 bridgehead atoms. The van der Waals surface area contributed by atoms with Crippen molar-refractivity contribution in [3.8, 4) is 0 Å². The largest absolute Gasteiger partial charge is 0.481 e. The highest BCUT2D eigenvalue weighted by Gasteiger charge is 2.28. The molecule has 0 heterocycles. The van der Waals surface area contributed by atoms with Crippen LogP contribution in [0.1, 0.15) is 47.5 Å². The molecule has 0 radical (unpaired) electrons. The maximum Gasteiger partial charge on any atom is 0.305 e. The lowest BCUT2D eigenvalue weighted by Gasteiger charge is -2.29. The van der Waals surface area contributed by atoms with E-state index < -0.39 is 12.0 Å². The van der Waals surface area contributed by atoms with E-state index in [2.05, 4.69) is 19.2 Å². The minimum absolute atomic E-state index is 0.0318. The van der Waals surface area contributed by atoms with E-state index in [1.807, 2.05) is 20.8 Å². The molecule has 5 nitrogen and oxygen atoms in total. The molecule has 0 fully saturated rings. The van der Waals surface area contributed by atoms with Crippen LogP contribution in [0.15, 0.2) is 0 Å². The zero-order valence-corrected chi connectivity index (χ0v) is 12.6. The molecule has 4 N–H and O–H groups in total. The van der Waals surface area contributed by atoms with Gasteiger partial charge in [-0.3, -0.25) is 9.59 Å². The first-order chi connectivity index (χ1) is 8.70. The maximum atomic E-state index is 12.0. The van der Waals surface area contributed by atoms with Crippen molar-refractivity contribution in [1.29, 1.82) is 0 Å². The van der Waals surface area contributed by atoms with Crippen LogP contribution in [0.3, 0.4) is 0 Å². The Morgan fingerprint density at radius 1 is 1.21 bits per heavy atom. The maximum absolute atomic E-state index is 12.0. The molecule has 4 atom stereocenters. The summed E-state index contributed by atoms with van der Waals surface area (Å²) in [5, 5.41) is 11.8. The number of aliphatic carboxylic acids is 1. The Morgan fingerprint density at radius 2 is 1.74 bits per heavy atom. The van der Waals surface area contributed by atoms with Crippen LogP contribution < -0.4 is 11.1 Å². The number of amides is 1. The number of hydrogen-bond donors (Lipinski definition) is 3. The zero-order chi connectivity index (χ0) is 15.2. The minimum Gasteiger partial charge on any atom is -0.481 e. The molecule has 4 unspecified atom stereocenters. The molecule has 5 heteroatoms. The highest BCUT2D eigenvalue weighted by atomic mass is 16.4. The molecule has 0 spiro atoms. The van der Waals surface area contributed by atoms with Crippen molar-refractivity contribution in [3.63, 3.8) is 0 Å². The van der Waals surface area contributed by atoms with Gasteiger partial charge in [-0.1, -0.05) is 41.0 Å². The van der Waals surface area contributed by atoms with Crippen molar-refractivity contribution in [2.24, 2.45) is 23.5 Å². The van der Waals surface area contributed by atoms with Gasteiger partial charge in [-0.25, -0.2) is 0 Å². The first kappa shape index (κ1) is 17.9. The van der Waals surface area contributed by atoms with Gasteiger partial charge < -0.3 is 16.2 Å². The SMILES string of the molecule is CCC(C)C(C)C(CC(=O)O)NC(=O)C(N)C(C)C. The van der Waals surface area contributed by atoms with Gasteiger partial charge in [-0.2, -0.15) is 0 Å². The zero-order valence-electron chi connectivity index (χ0n) is 12.6. The second-order valence-electron chi connectivity index (χ2n) is 5.73. The Bertz CT molecular complexity index is 305. The molecule has 0 aromatic carbocycles. The first-order valence-corrected chi connectivity index (χ1v) is 6.98. The smallest absolute Gasteiger partial charge is 0.305 e. The Balaban J connectivity index is 4.77. The second kappa shape index (κ2) is 8.15. The van der Waals surface area contributed by atoms with Crippen molar-refractivity contribution < 1.29 is 14.7 Å². The van der Waals surface area contributed by atoms with E-state index >= 15 is 0 Å². The summed E-state index contributed by atoms with van der Waals surface area (Å²) in [5.74, 6) is -0.691. The average Bonchev–Trinajstić information content (AvgIpc) is 2.34. The summed E-state index contributed by atoms with van der Waals surface area (Å²) in [6.07, 6.45) is 0.880. The quantitative estimate of drug-likeness (QED) is 0.626. The number of rotatable bonds is 8. The van der Waals surface area contributed by atoms with Crippen LogP contribution in [-0.2, 0) is 9.59 Å². The lowest BCUT2D eigenvalue weighted by molar-refractivity contribution is -0.138. The molecule has 0 aromatic rings. The molecule has 112 valence electrons. The van der Waals surface area contributed by atoms with Crippen LogP contribution >= 0.6 is 0 Å². The van der Waals surface area contributed by atoms with Crippen LogP contribution in [0.2, 0.25) is 0 Å². The number of carbonyl (C=O) groups is 2. The average molecular weight is 272 g/mol. The summed E-state index contributed by atoms with van der Waals surface area (Å²) >= 11 is 0. The molecule has 19 heavy (non-hydrogen) atoms.